The third kappa shape index (κ3) is 12.9. The molecule has 1 aliphatic rings. The topological polar surface area (TPSA) is 416 Å². The molecule has 3 amide bonds. The van der Waals surface area contributed by atoms with Crippen molar-refractivity contribution in [3.05, 3.63) is 52.0 Å². The summed E-state index contributed by atoms with van der Waals surface area (Å²) in [5.74, 6) is -5.15. The molecule has 34 heteroatoms. The number of hydrogen-bond acceptors (Lipinski definition) is 24. The predicted molar refractivity (Wildman–Crippen MR) is 196 cm³/mol. The maximum absolute atomic E-state index is 13.1. The van der Waals surface area contributed by atoms with Crippen LogP contribution in [0.2, 0.25) is 10.6 Å². The monoisotopic (exact) mass is 968 g/mol. The van der Waals surface area contributed by atoms with E-state index < -0.39 is 108 Å². The number of benzene rings is 2. The second-order valence-corrected chi connectivity index (χ2v) is 15.8. The number of halogens is 2. The molecule has 5 rings (SSSR count). The first-order valence-corrected chi connectivity index (χ1v) is 20.2. The van der Waals surface area contributed by atoms with Crippen LogP contribution in [0.3, 0.4) is 0 Å². The summed E-state index contributed by atoms with van der Waals surface area (Å²) in [6, 6.07) is 3.79. The molecule has 0 saturated heterocycles. The Morgan fingerprint density at radius 3 is 1.72 bits per heavy atom. The third-order valence-electron chi connectivity index (χ3n) is 7.34. The number of rotatable bonds is 13. The molecule has 8 N–H and O–H groups in total. The summed E-state index contributed by atoms with van der Waals surface area (Å²) < 4.78 is 110. The molecule has 0 aliphatic carbocycles. The number of nitrogen functional groups attached to an aromatic ring is 1. The predicted octanol–water partition coefficient (Wildman–Crippen LogP) is -9.14. The van der Waals surface area contributed by atoms with Crippen molar-refractivity contribution in [1.82, 2.24) is 34.8 Å². The summed E-state index contributed by atoms with van der Waals surface area (Å²) in [6.45, 7) is 2.26. The molecule has 26 nitrogen and oxygen atoms in total. The summed E-state index contributed by atoms with van der Waals surface area (Å²) in [5, 5.41) is 10.2. The molecular weight excluding hydrogens is 948 g/mol. The minimum Gasteiger partial charge on any atom is -0.744 e. The van der Waals surface area contributed by atoms with Crippen LogP contribution in [0.5, 0.6) is 0 Å². The minimum atomic E-state index is -5.63. The number of carbonyl (C=O) groups excluding carboxylic acids is 3. The van der Waals surface area contributed by atoms with Gasteiger partial charge in [-0.3, -0.25) is 24.7 Å². The van der Waals surface area contributed by atoms with Crippen LogP contribution in [-0.2, 0) is 44.7 Å². The number of amides is 3. The Hall–Kier alpha value is -3.21. The number of nitrogens with one attached hydrogen (secondary N) is 4. The van der Waals surface area contributed by atoms with Gasteiger partial charge in [0.05, 0.1) is 31.7 Å². The molecule has 1 aliphatic heterocycles. The Labute approximate surface area is 420 Å². The molecule has 2 aromatic carbocycles. The van der Waals surface area contributed by atoms with E-state index in [4.69, 9.17) is 34.7 Å². The van der Waals surface area contributed by atoms with Gasteiger partial charge in [0.15, 0.2) is 5.71 Å². The Kier molecular flexibility index (Phi) is 18.5. The third-order valence-corrected chi connectivity index (χ3v) is 10.3. The van der Waals surface area contributed by atoms with E-state index in [-0.39, 0.29) is 130 Å². The molecule has 0 atom stereocenters. The Balaban J connectivity index is 0.00000427. The number of aromatic nitrogens is 6. The standard InChI is InChI=1S/C27H24Cl2N14O12S3.3Na/c1-3-43-20(45)17(19(30)44)9(2)18(21(43)46)42-41-13-7-12(15(57(50,51)52)8-16(13)58(53,54)55)34-27-38-23(29)37-25(40-27)32-10-4-5-14(56(47,48)49)11(6-10)33-26-36-22(28)35-24(31)39-26;;;/h4-8,41H,3H2,1-2H3,(H2,30,44)(H,47,48,49)(H,50,51,52)(H,53,54,55)(H3,31,33,35,36,39)(H2,32,34,37,38,40);;;/q;3*+1/p-3/b42-18+;;;. The van der Waals surface area contributed by atoms with Crippen LogP contribution < -0.4 is 122 Å². The van der Waals surface area contributed by atoms with Crippen LogP contribution in [0.15, 0.2) is 61.3 Å². The van der Waals surface area contributed by atoms with Crippen molar-refractivity contribution in [2.45, 2.75) is 28.5 Å². The largest absolute Gasteiger partial charge is 1.00 e. The minimum absolute atomic E-state index is 0. The van der Waals surface area contributed by atoms with E-state index >= 15 is 0 Å². The van der Waals surface area contributed by atoms with E-state index in [9.17, 15) is 53.3 Å². The summed E-state index contributed by atoms with van der Waals surface area (Å²) in [5.41, 5.74) is 9.28. The molecule has 0 saturated carbocycles. The van der Waals surface area contributed by atoms with Crippen molar-refractivity contribution in [3.63, 3.8) is 0 Å². The fraction of sp³-hybridized carbons (Fsp3) is 0.111. The summed E-state index contributed by atoms with van der Waals surface area (Å²) in [6.07, 6.45) is 0. The number of imide groups is 1. The first-order valence-electron chi connectivity index (χ1n) is 15.2. The van der Waals surface area contributed by atoms with E-state index in [1.54, 1.807) is 0 Å². The van der Waals surface area contributed by atoms with Gasteiger partial charge < -0.3 is 41.1 Å². The van der Waals surface area contributed by atoms with Crippen LogP contribution in [0.25, 0.3) is 0 Å². The molecule has 3 heterocycles. The number of primary amides is 1. The molecule has 4 aromatic rings. The molecule has 0 radical (unpaired) electrons. The molecule has 61 heavy (non-hydrogen) atoms. The van der Waals surface area contributed by atoms with Crippen molar-refractivity contribution >= 4 is 124 Å². The quantitative estimate of drug-likeness (QED) is 0.0238. The normalized spacial score (nSPS) is 13.8. The summed E-state index contributed by atoms with van der Waals surface area (Å²) >= 11 is 11.8. The first kappa shape index (κ1) is 53.9. The Morgan fingerprint density at radius 1 is 0.721 bits per heavy atom. The fourth-order valence-corrected chi connectivity index (χ4v) is 7.25. The number of nitrogens with two attached hydrogens (primary N) is 2. The number of nitrogens with zero attached hydrogens (tertiary/aromatic N) is 8. The van der Waals surface area contributed by atoms with Gasteiger partial charge in [-0.2, -0.15) is 35.0 Å². The van der Waals surface area contributed by atoms with Crippen LogP contribution >= 0.6 is 23.2 Å². The van der Waals surface area contributed by atoms with Crippen molar-refractivity contribution < 1.29 is 142 Å². The van der Waals surface area contributed by atoms with Crippen molar-refractivity contribution in [2.24, 2.45) is 10.8 Å². The van der Waals surface area contributed by atoms with Gasteiger partial charge in [0, 0.05) is 17.8 Å². The molecule has 0 unspecified atom stereocenters. The van der Waals surface area contributed by atoms with Crippen molar-refractivity contribution in [1.29, 1.82) is 0 Å². The summed E-state index contributed by atoms with van der Waals surface area (Å²) in [4.78, 5) is 57.5. The van der Waals surface area contributed by atoms with Gasteiger partial charge in [-0.15, -0.1) is 0 Å². The van der Waals surface area contributed by atoms with Gasteiger partial charge in [0.25, 0.3) is 17.7 Å². The molecule has 306 valence electrons. The molecule has 2 aromatic heterocycles. The average molecular weight is 970 g/mol. The van der Waals surface area contributed by atoms with Crippen molar-refractivity contribution in [3.8, 4) is 0 Å². The Bertz CT molecular complexity index is 2840. The van der Waals surface area contributed by atoms with E-state index in [0.29, 0.717) is 11.0 Å². The smallest absolute Gasteiger partial charge is 0.744 e. The zero-order valence-electron chi connectivity index (χ0n) is 31.7. The number of hydrogen-bond donors (Lipinski definition) is 6. The van der Waals surface area contributed by atoms with Crippen LogP contribution in [0.4, 0.5) is 46.5 Å². The second kappa shape index (κ2) is 21.0. The van der Waals surface area contributed by atoms with Gasteiger partial charge >= 0.3 is 88.7 Å². The number of likely N-dealkylation sites (N-methyl/N-ethyl adjacent to an activating group) is 1. The number of carbonyl (C=O) groups is 3. The van der Waals surface area contributed by atoms with Crippen LogP contribution in [0, 0.1) is 0 Å². The number of anilines is 8. The summed E-state index contributed by atoms with van der Waals surface area (Å²) in [7, 11) is -16.4. The second-order valence-electron chi connectivity index (χ2n) is 11.1. The fourth-order valence-electron chi connectivity index (χ4n) is 4.96. The van der Waals surface area contributed by atoms with Gasteiger partial charge in [-0.25, -0.2) is 25.3 Å². The van der Waals surface area contributed by atoms with Gasteiger partial charge in [-0.1, -0.05) is 0 Å². The SMILES string of the molecule is CCN1C(=O)C(C(N)=O)=C(C)/C(=N\Nc2cc(Nc3nc(Cl)nc(Nc4ccc(S(=O)(=O)[O-])c(Nc5nc(N)nc(Cl)n5)c4)n3)c(S(=O)(=O)[O-])cc2S(=O)(=O)[O-])C1=O.[Na+].[Na+].[Na+]. The van der Waals surface area contributed by atoms with Gasteiger partial charge in [0.1, 0.15) is 35.9 Å². The van der Waals surface area contributed by atoms with E-state index in [1.807, 2.05) is 0 Å². The van der Waals surface area contributed by atoms with Gasteiger partial charge in [-0.05, 0) is 67.4 Å². The number of hydrazone groups is 1. The van der Waals surface area contributed by atoms with Crippen molar-refractivity contribution in [2.75, 3.05) is 33.7 Å². The maximum atomic E-state index is 13.1. The maximum Gasteiger partial charge on any atom is 1.00 e. The molecular formula is C27H21Cl2N14Na3O12S3. The Morgan fingerprint density at radius 2 is 1.21 bits per heavy atom. The van der Waals surface area contributed by atoms with Crippen LogP contribution in [0.1, 0.15) is 13.8 Å². The molecule has 0 spiro atoms. The average Bonchev–Trinajstić information content (AvgIpc) is 3.06. The van der Waals surface area contributed by atoms with E-state index in [1.165, 1.54) is 6.92 Å². The zero-order valence-corrected chi connectivity index (χ0v) is 41.7. The molecule has 0 fully saturated rings. The zero-order chi connectivity index (χ0) is 43.1. The molecule has 0 bridgehead atoms. The van der Waals surface area contributed by atoms with E-state index in [0.717, 1.165) is 25.1 Å². The van der Waals surface area contributed by atoms with Crippen LogP contribution in [-0.4, -0.2) is 104 Å². The van der Waals surface area contributed by atoms with E-state index in [2.05, 4.69) is 56.4 Å². The first-order chi connectivity index (χ1) is 26.9. The van der Waals surface area contributed by atoms with Gasteiger partial charge in [0.2, 0.25) is 34.4 Å².